The minimum Gasteiger partial charge on any atom is -0.324 e. The van der Waals surface area contributed by atoms with Gasteiger partial charge in [0.2, 0.25) is 0 Å². The van der Waals surface area contributed by atoms with Crippen molar-refractivity contribution in [1.29, 1.82) is 0 Å². The van der Waals surface area contributed by atoms with E-state index >= 15 is 0 Å². The van der Waals surface area contributed by atoms with E-state index in [4.69, 9.17) is 11.6 Å². The molecule has 1 aromatic rings. The fraction of sp³-hybridized carbons (Fsp3) is 0.583. The number of hydrogen-bond donors (Lipinski definition) is 1. The molecule has 3 amide bonds. The monoisotopic (exact) mass is 284 g/mol. The van der Waals surface area contributed by atoms with E-state index < -0.39 is 5.54 Å². The normalized spacial score (nSPS) is 18.0. The number of rotatable bonds is 4. The molecule has 6 nitrogen and oxygen atoms in total. The molecule has 1 N–H and O–H groups in total. The van der Waals surface area contributed by atoms with Crippen molar-refractivity contribution in [3.8, 4) is 0 Å². The van der Waals surface area contributed by atoms with Gasteiger partial charge < -0.3 is 5.32 Å². The van der Waals surface area contributed by atoms with Crippen molar-refractivity contribution in [1.82, 2.24) is 20.0 Å². The number of carbonyl (C=O) groups is 2. The molecule has 2 rings (SSSR count). The molecule has 7 heteroatoms. The summed E-state index contributed by atoms with van der Waals surface area (Å²) in [6.45, 7) is 6.28. The molecule has 0 aromatic carbocycles. The van der Waals surface area contributed by atoms with Gasteiger partial charge in [0, 0.05) is 13.1 Å². The lowest BCUT2D eigenvalue weighted by atomic mass is 10.1. The summed E-state index contributed by atoms with van der Waals surface area (Å²) >= 11 is 5.91. The largest absolute Gasteiger partial charge is 0.325 e. The van der Waals surface area contributed by atoms with Crippen LogP contribution in [-0.4, -0.2) is 38.7 Å². The lowest BCUT2D eigenvalue weighted by molar-refractivity contribution is -0.130. The molecule has 1 fully saturated rings. The maximum Gasteiger partial charge on any atom is 0.325 e. The molecule has 0 bridgehead atoms. The number of hydrogen-bond acceptors (Lipinski definition) is 3. The first-order chi connectivity index (χ1) is 8.83. The van der Waals surface area contributed by atoms with Crippen molar-refractivity contribution in [3.05, 3.63) is 16.9 Å². The Morgan fingerprint density at radius 1 is 1.37 bits per heavy atom. The van der Waals surface area contributed by atoms with Crippen LogP contribution in [0, 0.1) is 6.92 Å². The van der Waals surface area contributed by atoms with Crippen LogP contribution in [-0.2, 0) is 11.3 Å². The van der Waals surface area contributed by atoms with E-state index in [1.165, 1.54) is 4.90 Å². The Bertz CT molecular complexity index is 524. The van der Waals surface area contributed by atoms with Crippen LogP contribution in [0.5, 0.6) is 0 Å². The first-order valence-corrected chi connectivity index (χ1v) is 6.53. The highest BCUT2D eigenvalue weighted by Gasteiger charge is 2.43. The third-order valence-electron chi connectivity index (χ3n) is 3.24. The van der Waals surface area contributed by atoms with Crippen LogP contribution in [0.15, 0.2) is 6.20 Å². The molecule has 0 aliphatic carbocycles. The molecule has 0 unspecified atom stereocenters. The number of imide groups is 1. The first kappa shape index (κ1) is 13.9. The van der Waals surface area contributed by atoms with Gasteiger partial charge in [-0.15, -0.1) is 0 Å². The lowest BCUT2D eigenvalue weighted by Gasteiger charge is -2.16. The Hall–Kier alpha value is -1.56. The lowest BCUT2D eigenvalue weighted by Crippen LogP contribution is -2.40. The van der Waals surface area contributed by atoms with Crippen molar-refractivity contribution in [3.63, 3.8) is 0 Å². The van der Waals surface area contributed by atoms with Crippen LogP contribution in [0.4, 0.5) is 4.79 Å². The van der Waals surface area contributed by atoms with Gasteiger partial charge in [0.15, 0.2) is 0 Å². The third-order valence-corrected chi connectivity index (χ3v) is 3.61. The fourth-order valence-corrected chi connectivity index (χ4v) is 2.19. The number of nitrogens with zero attached hydrogens (tertiary/aromatic N) is 3. The van der Waals surface area contributed by atoms with Crippen LogP contribution in [0.25, 0.3) is 0 Å². The molecule has 2 heterocycles. The van der Waals surface area contributed by atoms with E-state index in [0.717, 1.165) is 5.69 Å². The van der Waals surface area contributed by atoms with E-state index in [1.54, 1.807) is 24.7 Å². The van der Waals surface area contributed by atoms with Crippen molar-refractivity contribution >= 4 is 23.5 Å². The maximum atomic E-state index is 11.9. The molecule has 19 heavy (non-hydrogen) atoms. The van der Waals surface area contributed by atoms with Crippen LogP contribution < -0.4 is 5.32 Å². The first-order valence-electron chi connectivity index (χ1n) is 6.15. The van der Waals surface area contributed by atoms with Crippen molar-refractivity contribution in [2.75, 3.05) is 6.54 Å². The van der Waals surface area contributed by atoms with E-state index in [2.05, 4.69) is 10.4 Å². The third kappa shape index (κ3) is 2.58. The van der Waals surface area contributed by atoms with Gasteiger partial charge in [0.1, 0.15) is 5.54 Å². The fourth-order valence-electron chi connectivity index (χ4n) is 2.05. The van der Waals surface area contributed by atoms with E-state index in [0.29, 0.717) is 24.5 Å². The Morgan fingerprint density at radius 2 is 2.05 bits per heavy atom. The van der Waals surface area contributed by atoms with Gasteiger partial charge in [-0.3, -0.25) is 14.4 Å². The minimum absolute atomic E-state index is 0.187. The maximum absolute atomic E-state index is 11.9. The summed E-state index contributed by atoms with van der Waals surface area (Å²) in [7, 11) is 0. The summed E-state index contributed by atoms with van der Waals surface area (Å²) in [4.78, 5) is 24.9. The number of urea groups is 1. The van der Waals surface area contributed by atoms with Gasteiger partial charge in [-0.25, -0.2) is 4.79 Å². The predicted octanol–water partition coefficient (Wildman–Crippen LogP) is 1.57. The van der Waals surface area contributed by atoms with Crippen LogP contribution in [0.2, 0.25) is 5.02 Å². The second kappa shape index (κ2) is 4.85. The molecule has 0 radical (unpaired) electrons. The molecule has 1 saturated heterocycles. The number of aromatic nitrogens is 2. The van der Waals surface area contributed by atoms with Crippen molar-refractivity contribution in [2.24, 2.45) is 0 Å². The van der Waals surface area contributed by atoms with E-state index in [9.17, 15) is 9.59 Å². The molecule has 0 spiro atoms. The number of nitrogens with one attached hydrogen (secondary N) is 1. The highest BCUT2D eigenvalue weighted by molar-refractivity contribution is 6.31. The Kier molecular flexibility index (Phi) is 3.54. The number of carbonyl (C=O) groups excluding carboxylic acids is 2. The SMILES string of the molecule is Cc1c(Cl)cnn1CCCN1C(=O)NC(C)(C)C1=O. The molecule has 0 atom stereocenters. The van der Waals surface area contributed by atoms with Crippen LogP contribution in [0.3, 0.4) is 0 Å². The number of amides is 3. The Balaban J connectivity index is 1.92. The quantitative estimate of drug-likeness (QED) is 0.853. The number of aryl methyl sites for hydroxylation is 1. The highest BCUT2D eigenvalue weighted by Crippen LogP contribution is 2.17. The Labute approximate surface area is 116 Å². The zero-order chi connectivity index (χ0) is 14.2. The second-order valence-electron chi connectivity index (χ2n) is 5.17. The molecule has 104 valence electrons. The molecule has 1 aliphatic heterocycles. The average molecular weight is 285 g/mol. The summed E-state index contributed by atoms with van der Waals surface area (Å²) in [6, 6.07) is -0.329. The Morgan fingerprint density at radius 3 is 2.53 bits per heavy atom. The minimum atomic E-state index is -0.804. The summed E-state index contributed by atoms with van der Waals surface area (Å²) in [6.07, 6.45) is 2.24. The van der Waals surface area contributed by atoms with Crippen molar-refractivity contribution in [2.45, 2.75) is 39.3 Å². The van der Waals surface area contributed by atoms with Gasteiger partial charge in [0.05, 0.1) is 16.9 Å². The summed E-state index contributed by atoms with van der Waals surface area (Å²) in [5.74, 6) is -0.187. The van der Waals surface area contributed by atoms with Crippen molar-refractivity contribution < 1.29 is 9.59 Å². The average Bonchev–Trinajstić information content (AvgIpc) is 2.73. The smallest absolute Gasteiger partial charge is 0.324 e. The van der Waals surface area contributed by atoms with Crippen LogP contribution in [0.1, 0.15) is 26.0 Å². The van der Waals surface area contributed by atoms with Crippen LogP contribution >= 0.6 is 11.6 Å². The number of halogens is 1. The van der Waals surface area contributed by atoms with Gasteiger partial charge in [-0.1, -0.05) is 11.6 Å². The van der Waals surface area contributed by atoms with Gasteiger partial charge >= 0.3 is 6.03 Å². The molecular weight excluding hydrogens is 268 g/mol. The molecule has 0 saturated carbocycles. The zero-order valence-electron chi connectivity index (χ0n) is 11.2. The second-order valence-corrected chi connectivity index (χ2v) is 5.57. The van der Waals surface area contributed by atoms with E-state index in [-0.39, 0.29) is 11.9 Å². The molecule has 1 aromatic heterocycles. The highest BCUT2D eigenvalue weighted by atomic mass is 35.5. The van der Waals surface area contributed by atoms with Gasteiger partial charge in [-0.05, 0) is 27.2 Å². The summed E-state index contributed by atoms with van der Waals surface area (Å²) < 4.78 is 1.77. The van der Waals surface area contributed by atoms with E-state index in [1.807, 2.05) is 6.92 Å². The van der Waals surface area contributed by atoms with Gasteiger partial charge in [0.25, 0.3) is 5.91 Å². The standard InChI is InChI=1S/C12H17ClN4O2/c1-8-9(13)7-14-17(8)6-4-5-16-10(18)12(2,3)15-11(16)19/h7H,4-6H2,1-3H3,(H,15,19). The summed E-state index contributed by atoms with van der Waals surface area (Å²) in [5, 5.41) is 7.40. The topological polar surface area (TPSA) is 67.2 Å². The summed E-state index contributed by atoms with van der Waals surface area (Å²) in [5.41, 5.74) is 0.0846. The zero-order valence-corrected chi connectivity index (χ0v) is 12.0. The molecular formula is C12H17ClN4O2. The van der Waals surface area contributed by atoms with Gasteiger partial charge in [-0.2, -0.15) is 5.10 Å². The molecule has 1 aliphatic rings. The predicted molar refractivity (Wildman–Crippen MR) is 70.9 cm³/mol.